The second-order valence-corrected chi connectivity index (χ2v) is 12.0. The van der Waals surface area contributed by atoms with Gasteiger partial charge in [-0.3, -0.25) is 4.21 Å². The lowest BCUT2D eigenvalue weighted by Crippen LogP contribution is -2.46. The van der Waals surface area contributed by atoms with Crippen molar-refractivity contribution in [2.45, 2.75) is 61.3 Å². The second kappa shape index (κ2) is 10.6. The Kier molecular flexibility index (Phi) is 7.45. The van der Waals surface area contributed by atoms with Gasteiger partial charge in [-0.15, -0.1) is 0 Å². The summed E-state index contributed by atoms with van der Waals surface area (Å²) in [5.41, 5.74) is 1.67. The largest absolute Gasteiger partial charge is 0.322 e. The maximum Gasteiger partial charge on any atom is 0.322 e. The molecule has 0 bridgehead atoms. The van der Waals surface area contributed by atoms with Crippen LogP contribution in [0.1, 0.15) is 50.5 Å². The fourth-order valence-corrected chi connectivity index (χ4v) is 6.89. The molecule has 8 heteroatoms. The Hall–Kier alpha value is -2.32. The Morgan fingerprint density at radius 3 is 2.69 bits per heavy atom. The van der Waals surface area contributed by atoms with E-state index >= 15 is 0 Å². The number of likely N-dealkylation sites (tertiary alicyclic amines) is 1. The van der Waals surface area contributed by atoms with E-state index in [1.807, 2.05) is 17.0 Å². The Morgan fingerprint density at radius 2 is 1.97 bits per heavy atom. The van der Waals surface area contributed by atoms with Crippen LogP contribution in [0.3, 0.4) is 0 Å². The molecule has 0 spiro atoms. The Bertz CT molecular complexity index is 1140. The van der Waals surface area contributed by atoms with Gasteiger partial charge in [0.25, 0.3) is 0 Å². The van der Waals surface area contributed by atoms with E-state index in [0.29, 0.717) is 12.5 Å². The van der Waals surface area contributed by atoms with Gasteiger partial charge in [0.1, 0.15) is 0 Å². The molecule has 194 valence electrons. The molecule has 4 atom stereocenters. The molecule has 0 aromatic heterocycles. The lowest BCUT2D eigenvalue weighted by atomic mass is 9.80. The van der Waals surface area contributed by atoms with Crippen molar-refractivity contribution in [3.63, 3.8) is 0 Å². The van der Waals surface area contributed by atoms with Crippen molar-refractivity contribution in [1.82, 2.24) is 9.80 Å². The lowest BCUT2D eigenvalue weighted by molar-refractivity contribution is 0.156. The number of anilines is 1. The molecule has 2 aromatic carbocycles. The summed E-state index contributed by atoms with van der Waals surface area (Å²) in [6.07, 6.45) is 8.97. The van der Waals surface area contributed by atoms with Crippen LogP contribution < -0.4 is 5.32 Å². The first-order valence-corrected chi connectivity index (χ1v) is 14.6. The highest BCUT2D eigenvalue weighted by Crippen LogP contribution is 2.63. The summed E-state index contributed by atoms with van der Waals surface area (Å²) in [5, 5.41) is 2.81. The molecule has 2 aromatic rings. The number of nitrogens with zero attached hydrogens (tertiary/aromatic N) is 2. The quantitative estimate of drug-likeness (QED) is 0.503. The third kappa shape index (κ3) is 5.35. The molecule has 2 unspecified atom stereocenters. The van der Waals surface area contributed by atoms with E-state index < -0.39 is 22.4 Å². The first kappa shape index (κ1) is 25.3. The maximum atomic E-state index is 13.7. The SMILES string of the molecule is CS(=O)c1cccc([C@@]23CC[C@H](N(CCCN4CCCC4)C(=O)Nc4ccc(F)c(F)c4)CC2C3)c1. The monoisotopic (exact) mass is 515 g/mol. The van der Waals surface area contributed by atoms with Gasteiger partial charge in [-0.1, -0.05) is 12.1 Å². The zero-order chi connectivity index (χ0) is 25.3. The van der Waals surface area contributed by atoms with Gasteiger partial charge >= 0.3 is 6.03 Å². The van der Waals surface area contributed by atoms with Crippen LogP contribution in [0.25, 0.3) is 0 Å². The number of hydrogen-bond acceptors (Lipinski definition) is 3. The molecule has 0 radical (unpaired) electrons. The van der Waals surface area contributed by atoms with Crippen LogP contribution in [0.5, 0.6) is 0 Å². The summed E-state index contributed by atoms with van der Waals surface area (Å²) >= 11 is 0. The zero-order valence-electron chi connectivity index (χ0n) is 20.8. The molecular weight excluding hydrogens is 480 g/mol. The third-order valence-corrected chi connectivity index (χ3v) is 9.32. The molecule has 5 rings (SSSR count). The molecule has 3 aliphatic rings. The number of amides is 2. The number of nitrogens with one attached hydrogen (secondary N) is 1. The first-order valence-electron chi connectivity index (χ1n) is 13.0. The Balaban J connectivity index is 1.28. The van der Waals surface area contributed by atoms with Gasteiger partial charge in [-0.05, 0) is 106 Å². The lowest BCUT2D eigenvalue weighted by Gasteiger charge is -2.37. The van der Waals surface area contributed by atoms with Crippen molar-refractivity contribution in [3.05, 3.63) is 59.7 Å². The van der Waals surface area contributed by atoms with Crippen LogP contribution in [-0.4, -0.2) is 58.5 Å². The third-order valence-electron chi connectivity index (χ3n) is 8.40. The Morgan fingerprint density at radius 1 is 1.17 bits per heavy atom. The van der Waals surface area contributed by atoms with Crippen LogP contribution in [0.4, 0.5) is 19.3 Å². The molecule has 1 saturated heterocycles. The van der Waals surface area contributed by atoms with E-state index in [4.69, 9.17) is 0 Å². The van der Waals surface area contributed by atoms with Crippen molar-refractivity contribution in [2.24, 2.45) is 5.92 Å². The minimum Gasteiger partial charge on any atom is -0.321 e. The number of carbonyl (C=O) groups excluding carboxylic acids is 1. The Labute approximate surface area is 214 Å². The van der Waals surface area contributed by atoms with Crippen molar-refractivity contribution in [1.29, 1.82) is 0 Å². The van der Waals surface area contributed by atoms with E-state index in [1.54, 1.807) is 6.26 Å². The summed E-state index contributed by atoms with van der Waals surface area (Å²) in [7, 11) is -1.01. The molecule has 1 heterocycles. The highest BCUT2D eigenvalue weighted by atomic mass is 32.2. The molecule has 36 heavy (non-hydrogen) atoms. The van der Waals surface area contributed by atoms with Gasteiger partial charge in [-0.2, -0.15) is 0 Å². The topological polar surface area (TPSA) is 52.7 Å². The van der Waals surface area contributed by atoms with Gasteiger partial charge in [0.15, 0.2) is 11.6 Å². The van der Waals surface area contributed by atoms with Gasteiger partial charge in [-0.25, -0.2) is 13.6 Å². The number of urea groups is 1. The van der Waals surface area contributed by atoms with E-state index in [0.717, 1.165) is 68.8 Å². The number of halogens is 2. The van der Waals surface area contributed by atoms with E-state index in [-0.39, 0.29) is 23.2 Å². The normalized spacial score (nSPS) is 26.3. The maximum absolute atomic E-state index is 13.7. The summed E-state index contributed by atoms with van der Waals surface area (Å²) in [4.78, 5) is 18.6. The van der Waals surface area contributed by atoms with Gasteiger partial charge in [0, 0.05) is 46.3 Å². The van der Waals surface area contributed by atoms with Crippen molar-refractivity contribution in [3.8, 4) is 0 Å². The van der Waals surface area contributed by atoms with Crippen LogP contribution in [0.2, 0.25) is 0 Å². The highest BCUT2D eigenvalue weighted by Gasteiger charge is 2.58. The van der Waals surface area contributed by atoms with Gasteiger partial charge < -0.3 is 15.1 Å². The second-order valence-electron chi connectivity index (χ2n) is 10.6. The van der Waals surface area contributed by atoms with E-state index in [1.165, 1.54) is 24.5 Å². The molecule has 5 nitrogen and oxygen atoms in total. The summed E-state index contributed by atoms with van der Waals surface area (Å²) in [5.74, 6) is -1.40. The molecule has 1 aliphatic heterocycles. The fraction of sp³-hybridized carbons (Fsp3) is 0.536. The van der Waals surface area contributed by atoms with Gasteiger partial charge in [0.05, 0.1) is 0 Å². The molecule has 2 saturated carbocycles. The predicted molar refractivity (Wildman–Crippen MR) is 139 cm³/mol. The fourth-order valence-electron chi connectivity index (χ4n) is 6.32. The molecule has 1 N–H and O–H groups in total. The molecule has 2 amide bonds. The van der Waals surface area contributed by atoms with E-state index in [9.17, 15) is 17.8 Å². The predicted octanol–water partition coefficient (Wildman–Crippen LogP) is 5.53. The summed E-state index contributed by atoms with van der Waals surface area (Å²) in [6.45, 7) is 3.85. The van der Waals surface area contributed by atoms with Crippen LogP contribution in [0, 0.1) is 17.6 Å². The molecular formula is C28H35F2N3O2S. The summed E-state index contributed by atoms with van der Waals surface area (Å²) < 4.78 is 39.1. The van der Waals surface area contributed by atoms with Crippen molar-refractivity contribution in [2.75, 3.05) is 37.8 Å². The first-order chi connectivity index (χ1) is 17.4. The minimum atomic E-state index is -1.01. The molecule has 3 fully saturated rings. The van der Waals surface area contributed by atoms with Crippen molar-refractivity contribution >= 4 is 22.5 Å². The smallest absolute Gasteiger partial charge is 0.321 e. The highest BCUT2D eigenvalue weighted by molar-refractivity contribution is 7.84. The van der Waals surface area contributed by atoms with Crippen LogP contribution in [-0.2, 0) is 16.2 Å². The van der Waals surface area contributed by atoms with Crippen molar-refractivity contribution < 1.29 is 17.8 Å². The number of rotatable bonds is 8. The average Bonchev–Trinajstić information content (AvgIpc) is 3.38. The summed E-state index contributed by atoms with van der Waals surface area (Å²) in [6, 6.07) is 11.5. The average molecular weight is 516 g/mol. The van der Waals surface area contributed by atoms with Crippen LogP contribution in [0.15, 0.2) is 47.4 Å². The number of benzene rings is 2. The van der Waals surface area contributed by atoms with Gasteiger partial charge in [0.2, 0.25) is 0 Å². The molecule has 2 aliphatic carbocycles. The number of fused-ring (bicyclic) bond motifs is 1. The zero-order valence-corrected chi connectivity index (χ0v) is 21.7. The minimum absolute atomic E-state index is 0.109. The standard InChI is InChI=1S/C28H35F2N3O2S/c1-36(35)24-7-4-6-20(17-24)28-11-10-23(16-21(28)19-28)33(15-5-14-32-12-2-3-13-32)27(34)31-22-8-9-25(29)26(30)18-22/h4,6-9,17-18,21,23H,2-3,5,10-16,19H2,1H3,(H,31,34)/t21?,23-,28-,36?/m0/s1. The van der Waals surface area contributed by atoms with Crippen LogP contribution >= 0.6 is 0 Å². The number of hydrogen-bond donors (Lipinski definition) is 1. The number of carbonyl (C=O) groups is 1. The van der Waals surface area contributed by atoms with E-state index in [2.05, 4.69) is 22.3 Å².